The van der Waals surface area contributed by atoms with Gasteiger partial charge in [0.1, 0.15) is 5.69 Å². The van der Waals surface area contributed by atoms with Gasteiger partial charge < -0.3 is 20.7 Å². The first-order valence-electron chi connectivity index (χ1n) is 7.58. The summed E-state index contributed by atoms with van der Waals surface area (Å²) in [7, 11) is 2.25. The number of piperidine rings is 2. The summed E-state index contributed by atoms with van der Waals surface area (Å²) in [6.07, 6.45) is 5.52. The number of aromatic nitrogens is 1. The highest BCUT2D eigenvalue weighted by Gasteiger charge is 2.34. The topological polar surface area (TPSA) is 78.0 Å². The number of anilines is 1. The van der Waals surface area contributed by atoms with Gasteiger partial charge in [-0.1, -0.05) is 5.16 Å². The van der Waals surface area contributed by atoms with E-state index in [2.05, 4.69) is 27.0 Å². The molecule has 0 bridgehead atoms. The van der Waals surface area contributed by atoms with Crippen molar-refractivity contribution >= 4 is 11.5 Å². The number of oxime groups is 1. The number of nitrogens with two attached hydrogens (primary N) is 1. The Balaban J connectivity index is 1.76. The van der Waals surface area contributed by atoms with E-state index < -0.39 is 0 Å². The Morgan fingerprint density at radius 3 is 3.10 bits per heavy atom. The van der Waals surface area contributed by atoms with Crippen molar-refractivity contribution < 1.29 is 5.21 Å². The third-order valence-corrected chi connectivity index (χ3v) is 4.82. The molecule has 3 N–H and O–H groups in total. The van der Waals surface area contributed by atoms with Crippen LogP contribution in [0.15, 0.2) is 23.5 Å². The summed E-state index contributed by atoms with van der Waals surface area (Å²) in [6, 6.07) is 4.63. The molecule has 3 rings (SSSR count). The fourth-order valence-corrected chi connectivity index (χ4v) is 3.69. The number of likely N-dealkylation sites (tertiary alicyclic amines) is 1. The molecule has 21 heavy (non-hydrogen) atoms. The fraction of sp³-hybridized carbons (Fsp3) is 0.600. The molecule has 2 unspecified atom stereocenters. The largest absolute Gasteiger partial charge is 0.409 e. The van der Waals surface area contributed by atoms with Crippen LogP contribution >= 0.6 is 0 Å². The first-order valence-corrected chi connectivity index (χ1v) is 7.58. The first-order chi connectivity index (χ1) is 10.2. The van der Waals surface area contributed by atoms with Gasteiger partial charge >= 0.3 is 0 Å². The molecular weight excluding hydrogens is 266 g/mol. The lowest BCUT2D eigenvalue weighted by molar-refractivity contribution is 0.102. The Labute approximate surface area is 125 Å². The number of nitrogens with zero attached hydrogens (tertiary/aromatic N) is 4. The molecule has 2 fully saturated rings. The zero-order valence-corrected chi connectivity index (χ0v) is 12.4. The molecule has 0 saturated carbocycles. The van der Waals surface area contributed by atoms with Crippen LogP contribution in [0.1, 0.15) is 25.0 Å². The summed E-state index contributed by atoms with van der Waals surface area (Å²) in [4.78, 5) is 9.06. The zero-order chi connectivity index (χ0) is 14.8. The minimum atomic E-state index is 0.0594. The number of rotatable bonds is 2. The van der Waals surface area contributed by atoms with Gasteiger partial charge in [-0.25, -0.2) is 0 Å². The number of fused-ring (bicyclic) bond motifs is 1. The van der Waals surface area contributed by atoms with E-state index in [-0.39, 0.29) is 5.84 Å². The summed E-state index contributed by atoms with van der Waals surface area (Å²) < 4.78 is 0. The molecule has 6 heteroatoms. The lowest BCUT2D eigenvalue weighted by atomic mass is 9.84. The van der Waals surface area contributed by atoms with Gasteiger partial charge in [-0.2, -0.15) is 0 Å². The van der Waals surface area contributed by atoms with Crippen molar-refractivity contribution in [1.82, 2.24) is 9.88 Å². The quantitative estimate of drug-likeness (QED) is 0.369. The Morgan fingerprint density at radius 2 is 2.29 bits per heavy atom. The molecule has 0 radical (unpaired) electrons. The zero-order valence-electron chi connectivity index (χ0n) is 12.4. The minimum absolute atomic E-state index is 0.0594. The van der Waals surface area contributed by atoms with Gasteiger partial charge in [0.2, 0.25) is 0 Å². The Morgan fingerprint density at radius 1 is 1.43 bits per heavy atom. The molecular formula is C15H23N5O. The average Bonchev–Trinajstić information content (AvgIpc) is 2.54. The van der Waals surface area contributed by atoms with Crippen LogP contribution < -0.4 is 10.6 Å². The number of pyridine rings is 1. The van der Waals surface area contributed by atoms with Crippen LogP contribution in [0.5, 0.6) is 0 Å². The van der Waals surface area contributed by atoms with Crippen molar-refractivity contribution in [1.29, 1.82) is 0 Å². The summed E-state index contributed by atoms with van der Waals surface area (Å²) in [6.45, 7) is 3.35. The molecule has 2 atom stereocenters. The number of hydrogen-bond acceptors (Lipinski definition) is 5. The van der Waals surface area contributed by atoms with E-state index in [1.54, 1.807) is 6.20 Å². The Bertz CT molecular complexity index is 533. The third-order valence-electron chi connectivity index (χ3n) is 4.82. The minimum Gasteiger partial charge on any atom is -0.409 e. The molecule has 6 nitrogen and oxygen atoms in total. The van der Waals surface area contributed by atoms with Gasteiger partial charge in [-0.15, -0.1) is 0 Å². The molecule has 0 aromatic carbocycles. The van der Waals surface area contributed by atoms with Crippen LogP contribution in [0.25, 0.3) is 0 Å². The van der Waals surface area contributed by atoms with Crippen molar-refractivity contribution in [3.63, 3.8) is 0 Å². The van der Waals surface area contributed by atoms with Crippen molar-refractivity contribution in [3.8, 4) is 0 Å². The van der Waals surface area contributed by atoms with Gasteiger partial charge in [0.25, 0.3) is 0 Å². The highest BCUT2D eigenvalue weighted by molar-refractivity contribution is 5.95. The normalized spacial score (nSPS) is 27.5. The molecule has 1 aromatic rings. The molecule has 3 heterocycles. The molecule has 2 aliphatic heterocycles. The molecule has 2 aliphatic rings. The standard InChI is InChI=1S/C15H23N5O/c1-19-7-2-3-11-10-20(8-5-14(11)19)12-4-6-17-13(9-12)15(16)18-21/h4,6,9,11,14,21H,2-3,5,7-8,10H2,1H3,(H2,16,18). The van der Waals surface area contributed by atoms with Crippen molar-refractivity contribution in [2.45, 2.75) is 25.3 Å². The van der Waals surface area contributed by atoms with Crippen LogP contribution in [-0.2, 0) is 0 Å². The summed E-state index contributed by atoms with van der Waals surface area (Å²) in [5.74, 6) is 0.794. The number of hydrogen-bond donors (Lipinski definition) is 2. The van der Waals surface area contributed by atoms with E-state index in [9.17, 15) is 0 Å². The predicted octanol–water partition coefficient (Wildman–Crippen LogP) is 1.10. The van der Waals surface area contributed by atoms with Crippen LogP contribution in [0.3, 0.4) is 0 Å². The molecule has 0 spiro atoms. The van der Waals surface area contributed by atoms with Crippen LogP contribution in [0, 0.1) is 5.92 Å². The lowest BCUT2D eigenvalue weighted by Crippen LogP contribution is -2.52. The van der Waals surface area contributed by atoms with E-state index >= 15 is 0 Å². The summed E-state index contributed by atoms with van der Waals surface area (Å²) >= 11 is 0. The third kappa shape index (κ3) is 2.81. The molecule has 1 aromatic heterocycles. The predicted molar refractivity (Wildman–Crippen MR) is 82.7 cm³/mol. The van der Waals surface area contributed by atoms with Crippen molar-refractivity contribution in [2.24, 2.45) is 16.8 Å². The van der Waals surface area contributed by atoms with E-state index in [1.807, 2.05) is 12.1 Å². The molecule has 0 amide bonds. The van der Waals surface area contributed by atoms with Gasteiger partial charge in [0, 0.05) is 31.0 Å². The SMILES string of the molecule is CN1CCCC2CN(c3ccnc(/C(N)=N/O)c3)CCC21. The van der Waals surface area contributed by atoms with Gasteiger partial charge in [-0.05, 0) is 50.9 Å². The van der Waals surface area contributed by atoms with E-state index in [4.69, 9.17) is 10.9 Å². The second kappa shape index (κ2) is 5.89. The maximum absolute atomic E-state index is 8.78. The maximum atomic E-state index is 8.78. The fourth-order valence-electron chi connectivity index (χ4n) is 3.69. The van der Waals surface area contributed by atoms with Gasteiger partial charge in [0.05, 0.1) is 0 Å². The molecule has 114 valence electrons. The van der Waals surface area contributed by atoms with Crippen LogP contribution in [-0.4, -0.2) is 53.7 Å². The van der Waals surface area contributed by atoms with Crippen LogP contribution in [0.4, 0.5) is 5.69 Å². The number of amidine groups is 1. The highest BCUT2D eigenvalue weighted by atomic mass is 16.4. The molecule has 0 aliphatic carbocycles. The smallest absolute Gasteiger partial charge is 0.188 e. The van der Waals surface area contributed by atoms with Crippen LogP contribution in [0.2, 0.25) is 0 Å². The maximum Gasteiger partial charge on any atom is 0.188 e. The highest BCUT2D eigenvalue weighted by Crippen LogP contribution is 2.31. The Kier molecular flexibility index (Phi) is 3.96. The van der Waals surface area contributed by atoms with E-state index in [0.29, 0.717) is 5.69 Å². The van der Waals surface area contributed by atoms with Crippen molar-refractivity contribution in [3.05, 3.63) is 24.0 Å². The summed E-state index contributed by atoms with van der Waals surface area (Å²) in [5, 5.41) is 11.8. The second-order valence-corrected chi connectivity index (χ2v) is 6.07. The monoisotopic (exact) mass is 289 g/mol. The van der Waals surface area contributed by atoms with Gasteiger partial charge in [0.15, 0.2) is 5.84 Å². The average molecular weight is 289 g/mol. The molecule has 2 saturated heterocycles. The lowest BCUT2D eigenvalue weighted by Gasteiger charge is -2.46. The van der Waals surface area contributed by atoms with E-state index in [1.165, 1.54) is 25.8 Å². The summed E-state index contributed by atoms with van der Waals surface area (Å²) in [5.41, 5.74) is 7.26. The van der Waals surface area contributed by atoms with E-state index in [0.717, 1.165) is 30.7 Å². The first kappa shape index (κ1) is 14.1. The van der Waals surface area contributed by atoms with Gasteiger partial charge in [-0.3, -0.25) is 4.98 Å². The van der Waals surface area contributed by atoms with Crippen molar-refractivity contribution in [2.75, 3.05) is 31.6 Å². The Hall–Kier alpha value is -1.82. The second-order valence-electron chi connectivity index (χ2n) is 6.07.